The van der Waals surface area contributed by atoms with Crippen molar-refractivity contribution in [3.05, 3.63) is 28.2 Å². The highest BCUT2D eigenvalue weighted by atomic mass is 35.5. The average Bonchev–Trinajstić information content (AvgIpc) is 3.14. The molecule has 1 saturated carbocycles. The molecule has 3 N–H and O–H groups in total. The largest absolute Gasteiger partial charge is 0.451 e. The molecule has 1 fully saturated rings. The Morgan fingerprint density at radius 1 is 1.17 bits per heavy atom. The summed E-state index contributed by atoms with van der Waals surface area (Å²) >= 11 is 11.6. The summed E-state index contributed by atoms with van der Waals surface area (Å²) < 4.78 is 32.3. The van der Waals surface area contributed by atoms with Crippen LogP contribution in [0.15, 0.2) is 23.1 Å². The molecule has 0 saturated heterocycles. The van der Waals surface area contributed by atoms with Gasteiger partial charge in [0.2, 0.25) is 10.0 Å². The number of halogens is 2. The number of nitrogens with one attached hydrogen (secondary N) is 2. The predicted octanol–water partition coefficient (Wildman–Crippen LogP) is 2.01. The predicted molar refractivity (Wildman–Crippen MR) is 108 cm³/mol. The van der Waals surface area contributed by atoms with Gasteiger partial charge in [-0.05, 0) is 44.9 Å². The first-order valence-corrected chi connectivity index (χ1v) is 11.4. The van der Waals surface area contributed by atoms with Gasteiger partial charge in [-0.15, -0.1) is 0 Å². The van der Waals surface area contributed by atoms with E-state index >= 15 is 0 Å². The van der Waals surface area contributed by atoms with E-state index in [1.54, 1.807) is 0 Å². The minimum absolute atomic E-state index is 0.0166. The number of rotatable bonds is 8. The molecule has 0 aromatic heterocycles. The second-order valence-electron chi connectivity index (χ2n) is 6.98. The van der Waals surface area contributed by atoms with Crippen LogP contribution in [0, 0.1) is 0 Å². The van der Waals surface area contributed by atoms with Crippen molar-refractivity contribution in [2.75, 3.05) is 0 Å². The number of carbonyl (C=O) groups excluding carboxylic acids is 2. The van der Waals surface area contributed by atoms with Gasteiger partial charge in [-0.2, -0.15) is 4.72 Å². The first kappa shape index (κ1) is 23.9. The maximum Gasteiger partial charge on any atom is 0.327 e. The average molecular weight is 467 g/mol. The van der Waals surface area contributed by atoms with E-state index in [1.165, 1.54) is 26.0 Å². The maximum atomic E-state index is 12.6. The molecule has 3 atom stereocenters. The van der Waals surface area contributed by atoms with Crippen LogP contribution in [0.25, 0.3) is 0 Å². The quantitative estimate of drug-likeness (QED) is 0.503. The number of aliphatic hydroxyl groups is 1. The number of hydrogen-bond acceptors (Lipinski definition) is 6. The van der Waals surface area contributed by atoms with Gasteiger partial charge in [-0.1, -0.05) is 36.0 Å². The highest BCUT2D eigenvalue weighted by Gasteiger charge is 2.33. The van der Waals surface area contributed by atoms with E-state index in [9.17, 15) is 23.1 Å². The summed E-state index contributed by atoms with van der Waals surface area (Å²) in [7, 11) is -4.22. The third kappa shape index (κ3) is 6.55. The van der Waals surface area contributed by atoms with E-state index in [-0.39, 0.29) is 21.0 Å². The number of benzene rings is 1. The molecule has 29 heavy (non-hydrogen) atoms. The molecule has 0 radical (unpaired) electrons. The molecule has 0 bridgehead atoms. The molecule has 1 amide bonds. The van der Waals surface area contributed by atoms with Crippen LogP contribution >= 0.6 is 23.2 Å². The lowest BCUT2D eigenvalue weighted by molar-refractivity contribution is -0.158. The van der Waals surface area contributed by atoms with Gasteiger partial charge in [0.05, 0.1) is 21.0 Å². The maximum absolute atomic E-state index is 12.6. The fourth-order valence-electron chi connectivity index (χ4n) is 2.91. The molecule has 162 valence electrons. The number of sulfonamides is 1. The van der Waals surface area contributed by atoms with E-state index in [4.69, 9.17) is 27.9 Å². The molecule has 2 rings (SSSR count). The van der Waals surface area contributed by atoms with Crippen molar-refractivity contribution in [1.82, 2.24) is 10.0 Å². The standard InChI is InChI=1S/C18H24Cl2N2O6S/c1-10(23)16(22-29(26,27)13-7-8-14(19)15(20)9-13)18(25)28-11(2)17(24)21-12-5-3-4-6-12/h7-12,16,22-23H,3-6H2,1-2H3,(H,21,24). The molecular weight excluding hydrogens is 443 g/mol. The lowest BCUT2D eigenvalue weighted by Crippen LogP contribution is -2.50. The van der Waals surface area contributed by atoms with Gasteiger partial charge in [0.15, 0.2) is 6.10 Å². The minimum atomic E-state index is -4.22. The summed E-state index contributed by atoms with van der Waals surface area (Å²) in [6.45, 7) is 2.61. The molecule has 0 spiro atoms. The zero-order chi connectivity index (χ0) is 21.8. The van der Waals surface area contributed by atoms with E-state index < -0.39 is 40.1 Å². The molecular formula is C18H24Cl2N2O6S. The molecule has 11 heteroatoms. The van der Waals surface area contributed by atoms with Gasteiger partial charge < -0.3 is 15.2 Å². The third-order valence-electron chi connectivity index (χ3n) is 4.58. The van der Waals surface area contributed by atoms with Gasteiger partial charge >= 0.3 is 5.97 Å². The smallest absolute Gasteiger partial charge is 0.327 e. The van der Waals surface area contributed by atoms with E-state index in [0.717, 1.165) is 31.7 Å². The van der Waals surface area contributed by atoms with Crippen LogP contribution in [0.4, 0.5) is 0 Å². The van der Waals surface area contributed by atoms with Gasteiger partial charge in [-0.3, -0.25) is 9.59 Å². The normalized spacial score (nSPS) is 18.1. The lowest BCUT2D eigenvalue weighted by Gasteiger charge is -2.23. The van der Waals surface area contributed by atoms with Crippen molar-refractivity contribution >= 4 is 45.1 Å². The number of aliphatic hydroxyl groups excluding tert-OH is 1. The Morgan fingerprint density at radius 2 is 1.79 bits per heavy atom. The Labute approximate surface area is 180 Å². The van der Waals surface area contributed by atoms with Crippen molar-refractivity contribution in [2.24, 2.45) is 0 Å². The first-order chi connectivity index (χ1) is 13.5. The summed E-state index contributed by atoms with van der Waals surface area (Å²) in [5.41, 5.74) is 0. The van der Waals surface area contributed by atoms with E-state index in [0.29, 0.717) is 0 Å². The Hall–Kier alpha value is -1.39. The summed E-state index contributed by atoms with van der Waals surface area (Å²) in [4.78, 5) is 24.4. The fourth-order valence-corrected chi connectivity index (χ4v) is 4.56. The zero-order valence-electron chi connectivity index (χ0n) is 16.0. The van der Waals surface area contributed by atoms with Crippen molar-refractivity contribution < 1.29 is 27.9 Å². The van der Waals surface area contributed by atoms with Crippen molar-refractivity contribution in [3.8, 4) is 0 Å². The summed E-state index contributed by atoms with van der Waals surface area (Å²) in [5.74, 6) is -1.54. The molecule has 1 aliphatic rings. The second kappa shape index (κ2) is 10.1. The zero-order valence-corrected chi connectivity index (χ0v) is 18.4. The van der Waals surface area contributed by atoms with E-state index in [1.807, 2.05) is 0 Å². The number of amides is 1. The van der Waals surface area contributed by atoms with Crippen LogP contribution in [0.5, 0.6) is 0 Å². The Bertz CT molecular complexity index is 856. The number of esters is 1. The van der Waals surface area contributed by atoms with Crippen LogP contribution in [0.3, 0.4) is 0 Å². The van der Waals surface area contributed by atoms with Crippen LogP contribution in [-0.4, -0.2) is 49.7 Å². The van der Waals surface area contributed by atoms with Gasteiger partial charge in [0.25, 0.3) is 5.91 Å². The molecule has 8 nitrogen and oxygen atoms in total. The molecule has 1 aromatic rings. The van der Waals surface area contributed by atoms with Crippen LogP contribution < -0.4 is 10.0 Å². The Balaban J connectivity index is 2.06. The molecule has 1 aromatic carbocycles. The van der Waals surface area contributed by atoms with Gasteiger partial charge in [0, 0.05) is 6.04 Å². The fraction of sp³-hybridized carbons (Fsp3) is 0.556. The van der Waals surface area contributed by atoms with Gasteiger partial charge in [0.1, 0.15) is 6.04 Å². The summed E-state index contributed by atoms with van der Waals surface area (Å²) in [6.07, 6.45) is 1.24. The SMILES string of the molecule is CC(OC(=O)C(NS(=O)(=O)c1ccc(Cl)c(Cl)c1)C(C)O)C(=O)NC1CCCC1. The van der Waals surface area contributed by atoms with Crippen LogP contribution in [0.1, 0.15) is 39.5 Å². The number of carbonyl (C=O) groups is 2. The van der Waals surface area contributed by atoms with Crippen molar-refractivity contribution in [2.45, 2.75) is 68.7 Å². The summed E-state index contributed by atoms with van der Waals surface area (Å²) in [5, 5.41) is 12.9. The second-order valence-corrected chi connectivity index (χ2v) is 9.51. The third-order valence-corrected chi connectivity index (χ3v) is 6.76. The molecule has 1 aliphatic carbocycles. The van der Waals surface area contributed by atoms with Crippen LogP contribution in [-0.2, 0) is 24.3 Å². The molecule has 0 aliphatic heterocycles. The van der Waals surface area contributed by atoms with Crippen molar-refractivity contribution in [3.63, 3.8) is 0 Å². The van der Waals surface area contributed by atoms with Gasteiger partial charge in [-0.25, -0.2) is 8.42 Å². The Morgan fingerprint density at radius 3 is 2.34 bits per heavy atom. The topological polar surface area (TPSA) is 122 Å². The van der Waals surface area contributed by atoms with E-state index in [2.05, 4.69) is 10.0 Å². The first-order valence-electron chi connectivity index (χ1n) is 9.17. The minimum Gasteiger partial charge on any atom is -0.451 e. The molecule has 0 heterocycles. The van der Waals surface area contributed by atoms with Crippen LogP contribution in [0.2, 0.25) is 10.0 Å². The number of ether oxygens (including phenoxy) is 1. The number of hydrogen-bond donors (Lipinski definition) is 3. The Kier molecular flexibility index (Phi) is 8.30. The highest BCUT2D eigenvalue weighted by Crippen LogP contribution is 2.25. The highest BCUT2D eigenvalue weighted by molar-refractivity contribution is 7.89. The van der Waals surface area contributed by atoms with Crippen molar-refractivity contribution in [1.29, 1.82) is 0 Å². The molecule has 3 unspecified atom stereocenters. The monoisotopic (exact) mass is 466 g/mol. The lowest BCUT2D eigenvalue weighted by atomic mass is 10.2. The summed E-state index contributed by atoms with van der Waals surface area (Å²) in [6, 6.07) is 2.05.